The fourth-order valence-electron chi connectivity index (χ4n) is 4.37. The summed E-state index contributed by atoms with van der Waals surface area (Å²) in [5, 5.41) is 0.101. The summed E-state index contributed by atoms with van der Waals surface area (Å²) in [6, 6.07) is 18.2. The first-order valence-electron chi connectivity index (χ1n) is 11.7. The fraction of sp³-hybridized carbons (Fsp3) is 0.296. The molecule has 0 N–H and O–H groups in total. The van der Waals surface area contributed by atoms with E-state index in [1.807, 2.05) is 45.2 Å². The van der Waals surface area contributed by atoms with E-state index in [0.29, 0.717) is 6.54 Å². The third-order valence-electron chi connectivity index (χ3n) is 6.63. The summed E-state index contributed by atoms with van der Waals surface area (Å²) in [6.45, 7) is 4.42. The second kappa shape index (κ2) is 10.7. The van der Waals surface area contributed by atoms with Crippen LogP contribution in [0.15, 0.2) is 76.1 Å². The van der Waals surface area contributed by atoms with Crippen LogP contribution >= 0.6 is 27.5 Å². The summed E-state index contributed by atoms with van der Waals surface area (Å²) in [6.07, 6.45) is -0.0728. The summed E-state index contributed by atoms with van der Waals surface area (Å²) in [4.78, 5) is 16.9. The second-order valence-electron chi connectivity index (χ2n) is 9.63. The van der Waals surface area contributed by atoms with Gasteiger partial charge in [-0.2, -0.15) is 4.31 Å². The predicted octanol–water partition coefficient (Wildman–Crippen LogP) is 6.08. The molecule has 0 atom stereocenters. The van der Waals surface area contributed by atoms with Crippen molar-refractivity contribution in [2.45, 2.75) is 37.2 Å². The van der Waals surface area contributed by atoms with Crippen molar-refractivity contribution < 1.29 is 17.6 Å². The molecule has 0 fully saturated rings. The number of benzene rings is 3. The van der Waals surface area contributed by atoms with Gasteiger partial charge in [0.2, 0.25) is 15.9 Å². The number of hydrogen-bond acceptors (Lipinski definition) is 4. The Hall–Kier alpha value is -2.46. The van der Waals surface area contributed by atoms with Gasteiger partial charge in [-0.25, -0.2) is 12.8 Å². The predicted molar refractivity (Wildman–Crippen MR) is 149 cm³/mol. The average Bonchev–Trinajstić information content (AvgIpc) is 2.84. The molecule has 3 aromatic rings. The smallest absolute Gasteiger partial charge is 0.246 e. The molecule has 0 radical (unpaired) electrons. The molecule has 0 aromatic heterocycles. The van der Waals surface area contributed by atoms with Gasteiger partial charge in [-0.3, -0.25) is 4.79 Å². The highest BCUT2D eigenvalue weighted by Crippen LogP contribution is 2.40. The van der Waals surface area contributed by atoms with E-state index < -0.39 is 20.7 Å². The molecule has 0 unspecified atom stereocenters. The first-order chi connectivity index (χ1) is 17.4. The van der Waals surface area contributed by atoms with Crippen LogP contribution in [0.25, 0.3) is 0 Å². The van der Waals surface area contributed by atoms with Gasteiger partial charge in [0, 0.05) is 42.6 Å². The number of hydrogen-bond donors (Lipinski definition) is 0. The van der Waals surface area contributed by atoms with Crippen LogP contribution in [0.4, 0.5) is 15.8 Å². The summed E-state index contributed by atoms with van der Waals surface area (Å²) in [5.41, 5.74) is 2.04. The van der Waals surface area contributed by atoms with Crippen LogP contribution in [0.5, 0.6) is 0 Å². The van der Waals surface area contributed by atoms with Crippen molar-refractivity contribution in [1.82, 2.24) is 4.31 Å². The Bertz CT molecular complexity index is 1420. The number of sulfonamides is 1. The Balaban J connectivity index is 1.63. The Labute approximate surface area is 230 Å². The van der Waals surface area contributed by atoms with E-state index in [-0.39, 0.29) is 36.0 Å². The van der Waals surface area contributed by atoms with Crippen molar-refractivity contribution in [1.29, 1.82) is 0 Å². The summed E-state index contributed by atoms with van der Waals surface area (Å²) < 4.78 is 43.8. The van der Waals surface area contributed by atoms with E-state index in [9.17, 15) is 17.6 Å². The lowest BCUT2D eigenvalue weighted by Gasteiger charge is -2.47. The molecule has 4 rings (SSSR count). The van der Waals surface area contributed by atoms with Crippen LogP contribution < -0.4 is 9.80 Å². The lowest BCUT2D eigenvalue weighted by molar-refractivity contribution is -0.119. The van der Waals surface area contributed by atoms with Crippen molar-refractivity contribution in [3.63, 3.8) is 0 Å². The van der Waals surface area contributed by atoms with Crippen molar-refractivity contribution in [3.05, 3.63) is 87.6 Å². The molecule has 0 saturated heterocycles. The second-order valence-corrected chi connectivity index (χ2v) is 12.9. The summed E-state index contributed by atoms with van der Waals surface area (Å²) >= 11 is 9.35. The number of amides is 1. The van der Waals surface area contributed by atoms with Gasteiger partial charge in [0.05, 0.1) is 16.9 Å². The van der Waals surface area contributed by atoms with Gasteiger partial charge in [0.1, 0.15) is 10.7 Å². The van der Waals surface area contributed by atoms with Crippen LogP contribution in [0.3, 0.4) is 0 Å². The highest BCUT2D eigenvalue weighted by atomic mass is 79.9. The number of nitrogens with zero attached hydrogens (tertiary/aromatic N) is 3. The molecular weight excluding hydrogens is 581 g/mol. The van der Waals surface area contributed by atoms with Crippen molar-refractivity contribution >= 4 is 54.8 Å². The fourth-order valence-corrected chi connectivity index (χ4v) is 6.35. The molecule has 10 heteroatoms. The maximum atomic E-state index is 14.7. The first kappa shape index (κ1) is 27.6. The topological polar surface area (TPSA) is 60.9 Å². The van der Waals surface area contributed by atoms with E-state index in [1.54, 1.807) is 29.2 Å². The molecule has 196 valence electrons. The zero-order chi connectivity index (χ0) is 27.0. The van der Waals surface area contributed by atoms with E-state index in [4.69, 9.17) is 11.6 Å². The van der Waals surface area contributed by atoms with Gasteiger partial charge in [-0.15, -0.1) is 0 Å². The SMILES string of the molecule is CN1c2cc(Br)ccc2N(C(=O)CCN(Cc2ccccc2)S(=O)(=O)c2ccc(Cl)cc2F)CC1(C)C. The zero-order valence-corrected chi connectivity index (χ0v) is 23.9. The average molecular weight is 609 g/mol. The molecule has 1 aliphatic heterocycles. The molecule has 3 aromatic carbocycles. The Kier molecular flexibility index (Phi) is 7.99. The molecule has 0 aliphatic carbocycles. The minimum atomic E-state index is -4.26. The van der Waals surface area contributed by atoms with Crippen LogP contribution in [0.2, 0.25) is 5.02 Å². The minimum absolute atomic E-state index is 0.00369. The standard InChI is InChI=1S/C27H28BrClFN3O3S/c1-27(2)18-33(23-11-9-20(28)15-24(23)31(27)3)26(34)13-14-32(17-19-7-5-4-6-8-19)37(35,36)25-12-10-21(29)16-22(25)30/h4-12,15-16H,13-14,17-18H2,1-3H3. The van der Waals surface area contributed by atoms with Crippen LogP contribution in [-0.2, 0) is 21.4 Å². The highest BCUT2D eigenvalue weighted by molar-refractivity contribution is 9.10. The molecule has 1 amide bonds. The normalized spacial score (nSPS) is 15.1. The van der Waals surface area contributed by atoms with Gasteiger partial charge in [0.15, 0.2) is 0 Å². The van der Waals surface area contributed by atoms with Crippen molar-refractivity contribution in [3.8, 4) is 0 Å². The molecular formula is C27H28BrClFN3O3S. The van der Waals surface area contributed by atoms with Gasteiger partial charge in [0.25, 0.3) is 0 Å². The quantitative estimate of drug-likeness (QED) is 0.326. The lowest BCUT2D eigenvalue weighted by Crippen LogP contribution is -2.56. The largest absolute Gasteiger partial charge is 0.366 e. The lowest BCUT2D eigenvalue weighted by atomic mass is 9.96. The van der Waals surface area contributed by atoms with Crippen LogP contribution in [-0.4, -0.2) is 44.3 Å². The van der Waals surface area contributed by atoms with E-state index in [0.717, 1.165) is 37.8 Å². The number of likely N-dealkylation sites (N-methyl/N-ethyl adjacent to an activating group) is 1. The third-order valence-corrected chi connectivity index (χ3v) is 9.24. The number of fused-ring (bicyclic) bond motifs is 1. The van der Waals surface area contributed by atoms with Gasteiger partial charge in [-0.1, -0.05) is 57.9 Å². The maximum absolute atomic E-state index is 14.7. The Morgan fingerprint density at radius 2 is 1.78 bits per heavy atom. The van der Waals surface area contributed by atoms with E-state index in [2.05, 4.69) is 20.8 Å². The minimum Gasteiger partial charge on any atom is -0.366 e. The molecule has 6 nitrogen and oxygen atoms in total. The number of anilines is 2. The summed E-state index contributed by atoms with van der Waals surface area (Å²) in [7, 11) is -2.27. The highest BCUT2D eigenvalue weighted by Gasteiger charge is 2.37. The third kappa shape index (κ3) is 5.85. The van der Waals surface area contributed by atoms with E-state index in [1.165, 1.54) is 6.07 Å². The van der Waals surface area contributed by atoms with Gasteiger partial charge >= 0.3 is 0 Å². The number of carbonyl (C=O) groups is 1. The van der Waals surface area contributed by atoms with Crippen molar-refractivity contribution in [2.75, 3.05) is 29.9 Å². The van der Waals surface area contributed by atoms with Crippen molar-refractivity contribution in [2.24, 2.45) is 0 Å². The molecule has 0 spiro atoms. The van der Waals surface area contributed by atoms with Crippen LogP contribution in [0.1, 0.15) is 25.8 Å². The molecule has 0 bridgehead atoms. The van der Waals surface area contributed by atoms with Gasteiger partial charge in [-0.05, 0) is 55.8 Å². The molecule has 1 aliphatic rings. The molecule has 37 heavy (non-hydrogen) atoms. The number of rotatable bonds is 7. The first-order valence-corrected chi connectivity index (χ1v) is 14.3. The number of halogens is 3. The van der Waals surface area contributed by atoms with E-state index >= 15 is 0 Å². The Morgan fingerprint density at radius 1 is 1.08 bits per heavy atom. The molecule has 0 saturated carbocycles. The van der Waals surface area contributed by atoms with Gasteiger partial charge < -0.3 is 9.80 Å². The molecule has 1 heterocycles. The zero-order valence-electron chi connectivity index (χ0n) is 20.8. The Morgan fingerprint density at radius 3 is 2.46 bits per heavy atom. The number of carbonyl (C=O) groups excluding carboxylic acids is 1. The monoisotopic (exact) mass is 607 g/mol. The summed E-state index contributed by atoms with van der Waals surface area (Å²) in [5.74, 6) is -1.15. The maximum Gasteiger partial charge on any atom is 0.246 e. The van der Waals surface area contributed by atoms with Crippen LogP contribution in [0, 0.1) is 5.82 Å².